The average molecular weight is 493 g/mol. The van der Waals surface area contributed by atoms with E-state index in [2.05, 4.69) is 15.4 Å². The maximum absolute atomic E-state index is 14.2. The molecular weight excluding hydrogens is 480 g/mol. The average Bonchev–Trinajstić information content (AvgIpc) is 3.43. The van der Waals surface area contributed by atoms with Crippen LogP contribution in [0.3, 0.4) is 0 Å². The fourth-order valence-electron chi connectivity index (χ4n) is 4.20. The summed E-state index contributed by atoms with van der Waals surface area (Å²) in [6.45, 7) is 0. The zero-order valence-electron chi connectivity index (χ0n) is 17.3. The third-order valence-corrected chi connectivity index (χ3v) is 5.76. The van der Waals surface area contributed by atoms with E-state index in [0.717, 1.165) is 12.3 Å². The van der Waals surface area contributed by atoms with Gasteiger partial charge in [0, 0.05) is 29.4 Å². The SMILES string of the molecule is O=C=C1NC2CC2c2c1cccc2-n1ncc(C(=O)Nc2ccnc(C(F)(F)F)c2)c1C(F)(F)F. The van der Waals surface area contributed by atoms with Gasteiger partial charge < -0.3 is 10.6 Å². The summed E-state index contributed by atoms with van der Waals surface area (Å²) in [5.41, 5.74) is -2.96. The summed E-state index contributed by atoms with van der Waals surface area (Å²) in [5.74, 6) is 0.308. The predicted molar refractivity (Wildman–Crippen MR) is 109 cm³/mol. The van der Waals surface area contributed by atoms with Gasteiger partial charge >= 0.3 is 12.4 Å². The molecule has 2 aromatic heterocycles. The quantitative estimate of drug-likeness (QED) is 0.422. The molecule has 7 nitrogen and oxygen atoms in total. The van der Waals surface area contributed by atoms with Crippen molar-refractivity contribution in [3.63, 3.8) is 0 Å². The second-order valence-corrected chi connectivity index (χ2v) is 8.01. The van der Waals surface area contributed by atoms with Crippen LogP contribution in [0.5, 0.6) is 0 Å². The van der Waals surface area contributed by atoms with E-state index in [-0.39, 0.29) is 29.0 Å². The Morgan fingerprint density at radius 2 is 1.91 bits per heavy atom. The van der Waals surface area contributed by atoms with E-state index < -0.39 is 35.2 Å². The number of carbonyl (C=O) groups is 1. The van der Waals surface area contributed by atoms with Crippen LogP contribution in [0.2, 0.25) is 0 Å². The fraction of sp³-hybridized carbons (Fsp3) is 0.227. The number of halogens is 6. The number of pyridine rings is 1. The molecule has 0 saturated heterocycles. The Hall–Kier alpha value is -4.12. The number of hydrogen-bond acceptors (Lipinski definition) is 5. The Balaban J connectivity index is 1.58. The number of nitrogens with one attached hydrogen (secondary N) is 2. The Kier molecular flexibility index (Phi) is 4.99. The van der Waals surface area contributed by atoms with Gasteiger partial charge in [0.2, 0.25) is 0 Å². The van der Waals surface area contributed by atoms with Gasteiger partial charge in [-0.05, 0) is 30.2 Å². The molecule has 2 unspecified atom stereocenters. The van der Waals surface area contributed by atoms with E-state index in [1.807, 2.05) is 5.32 Å². The molecule has 5 rings (SSSR count). The normalized spacial score (nSPS) is 18.7. The van der Waals surface area contributed by atoms with Crippen molar-refractivity contribution in [2.45, 2.75) is 30.7 Å². The summed E-state index contributed by atoms with van der Waals surface area (Å²) in [5, 5.41) is 8.82. The number of anilines is 1. The highest BCUT2D eigenvalue weighted by molar-refractivity contribution is 6.05. The molecule has 1 fully saturated rings. The van der Waals surface area contributed by atoms with Crippen molar-refractivity contribution < 1.29 is 35.9 Å². The summed E-state index contributed by atoms with van der Waals surface area (Å²) in [7, 11) is 0. The Morgan fingerprint density at radius 1 is 1.14 bits per heavy atom. The van der Waals surface area contributed by atoms with E-state index >= 15 is 0 Å². The number of amides is 1. The highest BCUT2D eigenvalue weighted by Crippen LogP contribution is 2.50. The summed E-state index contributed by atoms with van der Waals surface area (Å²) in [6, 6.07) is 5.83. The van der Waals surface area contributed by atoms with E-state index in [1.54, 1.807) is 12.0 Å². The summed E-state index contributed by atoms with van der Waals surface area (Å²) in [4.78, 5) is 27.2. The molecule has 13 heteroatoms. The Morgan fingerprint density at radius 3 is 2.60 bits per heavy atom. The molecule has 1 aromatic carbocycles. The number of fused-ring (bicyclic) bond motifs is 3. The van der Waals surface area contributed by atoms with Gasteiger partial charge in [0.15, 0.2) is 11.6 Å². The van der Waals surface area contributed by atoms with Gasteiger partial charge in [-0.25, -0.2) is 9.48 Å². The minimum absolute atomic E-state index is 0.0406. The van der Waals surface area contributed by atoms with Crippen molar-refractivity contribution >= 4 is 23.2 Å². The molecule has 1 saturated carbocycles. The third kappa shape index (κ3) is 3.93. The molecule has 0 radical (unpaired) electrons. The van der Waals surface area contributed by atoms with Gasteiger partial charge in [-0.3, -0.25) is 9.78 Å². The van der Waals surface area contributed by atoms with Crippen LogP contribution in [0.1, 0.15) is 45.2 Å². The second kappa shape index (κ2) is 7.70. The van der Waals surface area contributed by atoms with Crippen molar-refractivity contribution in [2.75, 3.05) is 5.32 Å². The summed E-state index contributed by atoms with van der Waals surface area (Å²) in [6.07, 6.45) is -7.78. The van der Waals surface area contributed by atoms with Crippen LogP contribution in [-0.4, -0.2) is 32.7 Å². The van der Waals surface area contributed by atoms with Crippen LogP contribution in [0, 0.1) is 0 Å². The van der Waals surface area contributed by atoms with Gasteiger partial charge in [0.05, 0.1) is 17.4 Å². The minimum Gasteiger partial charge on any atom is -0.372 e. The molecule has 2 N–H and O–H groups in total. The van der Waals surface area contributed by atoms with Crippen LogP contribution in [-0.2, 0) is 17.1 Å². The molecule has 3 aromatic rings. The molecule has 1 aliphatic carbocycles. The van der Waals surface area contributed by atoms with Crippen molar-refractivity contribution in [3.05, 3.63) is 70.8 Å². The first-order valence-corrected chi connectivity index (χ1v) is 10.1. The van der Waals surface area contributed by atoms with E-state index in [0.29, 0.717) is 34.5 Å². The molecule has 1 amide bonds. The largest absolute Gasteiger partial charge is 0.434 e. The maximum Gasteiger partial charge on any atom is 0.434 e. The number of carbonyl (C=O) groups excluding carboxylic acids is 2. The van der Waals surface area contributed by atoms with Gasteiger partial charge in [-0.1, -0.05) is 12.1 Å². The van der Waals surface area contributed by atoms with Gasteiger partial charge in [0.1, 0.15) is 11.4 Å². The number of nitrogens with zero attached hydrogens (tertiary/aromatic N) is 3. The number of rotatable bonds is 3. The van der Waals surface area contributed by atoms with Gasteiger partial charge in [-0.2, -0.15) is 31.4 Å². The molecular formula is C22H13F6N5O2. The molecule has 35 heavy (non-hydrogen) atoms. The van der Waals surface area contributed by atoms with Crippen molar-refractivity contribution in [1.82, 2.24) is 20.1 Å². The number of hydrogen-bond donors (Lipinski definition) is 2. The molecule has 0 spiro atoms. The smallest absolute Gasteiger partial charge is 0.372 e. The first-order valence-electron chi connectivity index (χ1n) is 10.1. The lowest BCUT2D eigenvalue weighted by atomic mass is 9.95. The monoisotopic (exact) mass is 493 g/mol. The summed E-state index contributed by atoms with van der Waals surface area (Å²) < 4.78 is 81.7. The molecule has 0 bridgehead atoms. The van der Waals surface area contributed by atoms with Gasteiger partial charge in [0.25, 0.3) is 5.91 Å². The van der Waals surface area contributed by atoms with E-state index in [4.69, 9.17) is 0 Å². The molecule has 2 atom stereocenters. The number of aromatic nitrogens is 3. The molecule has 3 heterocycles. The van der Waals surface area contributed by atoms with Crippen LogP contribution in [0.4, 0.5) is 32.0 Å². The first-order chi connectivity index (χ1) is 16.5. The topological polar surface area (TPSA) is 88.9 Å². The Bertz CT molecular complexity index is 1400. The molecule has 1 aliphatic heterocycles. The van der Waals surface area contributed by atoms with Crippen LogP contribution < -0.4 is 10.6 Å². The van der Waals surface area contributed by atoms with Crippen LogP contribution >= 0.6 is 0 Å². The number of alkyl halides is 6. The zero-order chi connectivity index (χ0) is 25.1. The lowest BCUT2D eigenvalue weighted by molar-refractivity contribution is -0.143. The lowest BCUT2D eigenvalue weighted by Gasteiger charge is -2.22. The predicted octanol–water partition coefficient (Wildman–Crippen LogP) is 4.19. The zero-order valence-corrected chi connectivity index (χ0v) is 17.3. The maximum atomic E-state index is 14.2. The minimum atomic E-state index is -5.04. The second-order valence-electron chi connectivity index (χ2n) is 8.01. The van der Waals surface area contributed by atoms with Crippen molar-refractivity contribution in [3.8, 4) is 5.69 Å². The van der Waals surface area contributed by atoms with Crippen LogP contribution in [0.25, 0.3) is 11.4 Å². The fourth-order valence-corrected chi connectivity index (χ4v) is 4.20. The van der Waals surface area contributed by atoms with Crippen molar-refractivity contribution in [1.29, 1.82) is 0 Å². The standard InChI is InChI=1S/C22H13F6N5O2/c23-21(24,25)17-6-10(4-5-29-17)31-20(35)13-8-30-33(19(13)22(26,27)28)16-3-1-2-11-15(9-34)32-14-7-12(14)18(11)16/h1-6,8,12,14,32H,7H2,(H,29,31,35). The highest BCUT2D eigenvalue weighted by Gasteiger charge is 2.47. The number of benzene rings is 1. The van der Waals surface area contributed by atoms with E-state index in [9.17, 15) is 35.9 Å². The van der Waals surface area contributed by atoms with Crippen molar-refractivity contribution in [2.24, 2.45) is 0 Å². The molecule has 180 valence electrons. The van der Waals surface area contributed by atoms with Gasteiger partial charge in [-0.15, -0.1) is 0 Å². The lowest BCUT2D eigenvalue weighted by Crippen LogP contribution is -2.25. The Labute approximate surface area is 192 Å². The first kappa shape index (κ1) is 22.7. The van der Waals surface area contributed by atoms with Crippen LogP contribution in [0.15, 0.2) is 42.7 Å². The third-order valence-electron chi connectivity index (χ3n) is 5.76. The molecule has 2 aliphatic rings. The highest BCUT2D eigenvalue weighted by atomic mass is 19.4. The van der Waals surface area contributed by atoms with E-state index in [1.165, 1.54) is 12.1 Å². The summed E-state index contributed by atoms with van der Waals surface area (Å²) >= 11 is 0.